The lowest BCUT2D eigenvalue weighted by molar-refractivity contribution is -0.253. The predicted molar refractivity (Wildman–Crippen MR) is 101 cm³/mol. The van der Waals surface area contributed by atoms with Crippen molar-refractivity contribution in [3.05, 3.63) is 65.0 Å². The van der Waals surface area contributed by atoms with Gasteiger partial charge >= 0.3 is 18.6 Å². The smallest absolute Gasteiger partial charge is 0.442 e. The Morgan fingerprint density at radius 1 is 1.09 bits per heavy atom. The van der Waals surface area contributed by atoms with Crippen LogP contribution in [0.15, 0.2) is 42.5 Å². The van der Waals surface area contributed by atoms with Gasteiger partial charge in [0.2, 0.25) is 0 Å². The third kappa shape index (κ3) is 7.04. The van der Waals surface area contributed by atoms with Crippen LogP contribution in [0, 0.1) is 5.82 Å². The maximum atomic E-state index is 14.1. The van der Waals surface area contributed by atoms with Crippen molar-refractivity contribution < 1.29 is 45.8 Å². The highest BCUT2D eigenvalue weighted by atomic mass is 19.3. The molecule has 1 unspecified atom stereocenters. The molecule has 0 saturated heterocycles. The van der Waals surface area contributed by atoms with Gasteiger partial charge in [-0.3, -0.25) is 0 Å². The first-order chi connectivity index (χ1) is 14.7. The summed E-state index contributed by atoms with van der Waals surface area (Å²) < 4.78 is 87.6. The van der Waals surface area contributed by atoms with Gasteiger partial charge in [0.1, 0.15) is 23.3 Å². The third-order valence-electron chi connectivity index (χ3n) is 3.90. The molecule has 2 rings (SSSR count). The van der Waals surface area contributed by atoms with E-state index in [-0.39, 0.29) is 21.8 Å². The molecular weight excluding hydrogens is 444 g/mol. The number of hydrogen-bond acceptors (Lipinski definition) is 4. The molecule has 0 spiro atoms. The summed E-state index contributed by atoms with van der Waals surface area (Å²) in [6.07, 6.45) is -11.8. The molecule has 32 heavy (non-hydrogen) atoms. The zero-order chi connectivity index (χ0) is 24.3. The van der Waals surface area contributed by atoms with Gasteiger partial charge in [-0.05, 0) is 49.6 Å². The van der Waals surface area contributed by atoms with E-state index in [1.54, 1.807) is 20.8 Å². The molecule has 0 aromatic heterocycles. The average molecular weight is 465 g/mol. The molecule has 176 valence electrons. The molecule has 0 fully saturated rings. The Hall–Kier alpha value is -2.95. The summed E-state index contributed by atoms with van der Waals surface area (Å²) in [4.78, 5) is 11.7. The Labute approximate surface area is 180 Å². The van der Waals surface area contributed by atoms with E-state index in [0.29, 0.717) is 6.07 Å². The number of alkyl halides is 4. The molecule has 0 saturated carbocycles. The number of amides is 1. The van der Waals surface area contributed by atoms with Crippen molar-refractivity contribution in [3.63, 3.8) is 0 Å². The summed E-state index contributed by atoms with van der Waals surface area (Å²) in [7, 11) is 0. The SMILES string of the molecule is CC(C)(C)OC(=O)N(F)Cc1cccc(C(O)c2cc(F)cc(OC(F)(F)C(F)F)c2)c1. The van der Waals surface area contributed by atoms with Crippen LogP contribution >= 0.6 is 0 Å². The summed E-state index contributed by atoms with van der Waals surface area (Å²) in [5.41, 5.74) is -0.867. The highest BCUT2D eigenvalue weighted by molar-refractivity contribution is 5.66. The number of hydrogen-bond donors (Lipinski definition) is 1. The van der Waals surface area contributed by atoms with Gasteiger partial charge in [-0.1, -0.05) is 28.7 Å². The molecule has 5 nitrogen and oxygen atoms in total. The summed E-state index contributed by atoms with van der Waals surface area (Å²) in [6.45, 7) is 4.14. The molecule has 0 bridgehead atoms. The predicted octanol–water partition coefficient (Wildman–Crippen LogP) is 5.77. The maximum absolute atomic E-state index is 14.1. The summed E-state index contributed by atoms with van der Waals surface area (Å²) >= 11 is 0. The lowest BCUT2D eigenvalue weighted by Gasteiger charge is -2.22. The number of benzene rings is 2. The molecule has 0 radical (unpaired) electrons. The highest BCUT2D eigenvalue weighted by Gasteiger charge is 2.44. The van der Waals surface area contributed by atoms with Crippen LogP contribution in [0.4, 0.5) is 31.2 Å². The van der Waals surface area contributed by atoms with Crippen LogP contribution in [0.25, 0.3) is 0 Å². The van der Waals surface area contributed by atoms with E-state index in [9.17, 15) is 36.3 Å². The van der Waals surface area contributed by atoms with Crippen LogP contribution in [0.2, 0.25) is 0 Å². The van der Waals surface area contributed by atoms with E-state index in [1.807, 2.05) is 0 Å². The molecule has 0 heterocycles. The van der Waals surface area contributed by atoms with Crippen molar-refractivity contribution in [2.45, 2.75) is 51.6 Å². The van der Waals surface area contributed by atoms with Gasteiger partial charge in [0.15, 0.2) is 0 Å². The Kier molecular flexibility index (Phi) is 7.66. The van der Waals surface area contributed by atoms with Gasteiger partial charge in [-0.2, -0.15) is 17.6 Å². The summed E-state index contributed by atoms with van der Waals surface area (Å²) in [6, 6.07) is 7.57. The zero-order valence-electron chi connectivity index (χ0n) is 17.3. The van der Waals surface area contributed by atoms with Crippen molar-refractivity contribution in [3.8, 4) is 5.75 Å². The monoisotopic (exact) mass is 465 g/mol. The van der Waals surface area contributed by atoms with Crippen LogP contribution in [0.1, 0.15) is 43.6 Å². The van der Waals surface area contributed by atoms with Crippen molar-refractivity contribution in [2.24, 2.45) is 0 Å². The molecule has 1 atom stereocenters. The molecule has 0 aliphatic heterocycles. The van der Waals surface area contributed by atoms with Crippen LogP contribution in [0.3, 0.4) is 0 Å². The highest BCUT2D eigenvalue weighted by Crippen LogP contribution is 2.32. The van der Waals surface area contributed by atoms with Gasteiger partial charge in [0.25, 0.3) is 0 Å². The fraction of sp³-hybridized carbons (Fsp3) is 0.381. The Balaban J connectivity index is 2.22. The third-order valence-corrected chi connectivity index (χ3v) is 3.90. The second-order valence-electron chi connectivity index (χ2n) is 7.83. The fourth-order valence-electron chi connectivity index (χ4n) is 2.59. The van der Waals surface area contributed by atoms with E-state index in [0.717, 1.165) is 12.1 Å². The van der Waals surface area contributed by atoms with Crippen molar-refractivity contribution in [1.82, 2.24) is 5.12 Å². The first-order valence-corrected chi connectivity index (χ1v) is 9.26. The normalized spacial score (nSPS) is 13.1. The number of aliphatic hydroxyl groups excluding tert-OH is 1. The van der Waals surface area contributed by atoms with Crippen molar-refractivity contribution in [2.75, 3.05) is 0 Å². The van der Waals surface area contributed by atoms with Crippen LogP contribution in [-0.2, 0) is 11.3 Å². The Morgan fingerprint density at radius 3 is 2.34 bits per heavy atom. The first kappa shape index (κ1) is 25.3. The number of aliphatic hydroxyl groups is 1. The van der Waals surface area contributed by atoms with E-state index >= 15 is 0 Å². The quantitative estimate of drug-likeness (QED) is 0.417. The Morgan fingerprint density at radius 2 is 1.75 bits per heavy atom. The van der Waals surface area contributed by atoms with E-state index in [4.69, 9.17) is 4.74 Å². The minimum atomic E-state index is -4.86. The van der Waals surface area contributed by atoms with Gasteiger partial charge in [0, 0.05) is 6.07 Å². The van der Waals surface area contributed by atoms with Gasteiger partial charge in [-0.25, -0.2) is 9.18 Å². The molecule has 0 aliphatic rings. The van der Waals surface area contributed by atoms with E-state index in [1.165, 1.54) is 24.3 Å². The largest absolute Gasteiger partial charge is 0.461 e. The fourth-order valence-corrected chi connectivity index (χ4v) is 2.59. The Bertz CT molecular complexity index is 948. The summed E-state index contributed by atoms with van der Waals surface area (Å²) in [5.74, 6) is -2.03. The van der Waals surface area contributed by atoms with Gasteiger partial charge in [0.05, 0.1) is 6.54 Å². The molecule has 1 amide bonds. The molecule has 11 heteroatoms. The number of nitrogens with zero attached hydrogens (tertiary/aromatic N) is 1. The van der Waals surface area contributed by atoms with Crippen LogP contribution in [0.5, 0.6) is 5.75 Å². The number of rotatable bonds is 7. The molecule has 1 N–H and O–H groups in total. The first-order valence-electron chi connectivity index (χ1n) is 9.26. The standard InChI is InChI=1S/C21H21F6NO4/c1-20(2,3)32-19(30)28(27)11-12-5-4-6-13(7-12)17(29)14-8-15(22)10-16(9-14)31-21(25,26)18(23)24/h4-10,17-18,29H,11H2,1-3H3. The second-order valence-corrected chi connectivity index (χ2v) is 7.83. The van der Waals surface area contributed by atoms with Crippen molar-refractivity contribution in [1.29, 1.82) is 0 Å². The number of carbonyl (C=O) groups is 1. The van der Waals surface area contributed by atoms with E-state index < -0.39 is 48.4 Å². The maximum Gasteiger partial charge on any atom is 0.461 e. The molecule has 0 aliphatic carbocycles. The minimum absolute atomic E-state index is 0.0947. The molecular formula is C21H21F6NO4. The van der Waals surface area contributed by atoms with Gasteiger partial charge < -0.3 is 14.6 Å². The second kappa shape index (κ2) is 9.68. The van der Waals surface area contributed by atoms with E-state index in [2.05, 4.69) is 4.74 Å². The number of halogens is 6. The van der Waals surface area contributed by atoms with Crippen molar-refractivity contribution >= 4 is 6.09 Å². The average Bonchev–Trinajstić information content (AvgIpc) is 2.65. The topological polar surface area (TPSA) is 59.0 Å². The zero-order valence-corrected chi connectivity index (χ0v) is 17.3. The minimum Gasteiger partial charge on any atom is -0.442 e. The summed E-state index contributed by atoms with van der Waals surface area (Å²) in [5, 5.41) is 10.3. The lowest BCUT2D eigenvalue weighted by atomic mass is 9.99. The lowest BCUT2D eigenvalue weighted by Crippen LogP contribution is -2.33. The van der Waals surface area contributed by atoms with Crippen LogP contribution in [-0.4, -0.2) is 34.5 Å². The number of carbonyl (C=O) groups excluding carboxylic acids is 1. The molecule has 2 aromatic carbocycles. The van der Waals surface area contributed by atoms with Gasteiger partial charge in [-0.15, -0.1) is 5.12 Å². The van der Waals surface area contributed by atoms with Crippen LogP contribution < -0.4 is 4.74 Å². The molecule has 2 aromatic rings. The number of ether oxygens (including phenoxy) is 2.